The van der Waals surface area contributed by atoms with Gasteiger partial charge >= 0.3 is 0 Å². The van der Waals surface area contributed by atoms with Gasteiger partial charge in [-0.3, -0.25) is 9.59 Å². The van der Waals surface area contributed by atoms with E-state index in [4.69, 9.17) is 15.2 Å². The predicted molar refractivity (Wildman–Crippen MR) is 97.7 cm³/mol. The summed E-state index contributed by atoms with van der Waals surface area (Å²) in [6.07, 6.45) is 0. The maximum absolute atomic E-state index is 12.0. The Morgan fingerprint density at radius 2 is 1.52 bits per heavy atom. The molecule has 0 heterocycles. The molecule has 0 saturated carbocycles. The lowest BCUT2D eigenvalue weighted by Crippen LogP contribution is -2.52. The average molecular weight is 362 g/mol. The first-order valence-electron chi connectivity index (χ1n) is 8.62. The molecular weight excluding hydrogens is 324 g/mol. The van der Waals surface area contributed by atoms with Crippen LogP contribution in [0.5, 0.6) is 0 Å². The van der Waals surface area contributed by atoms with Gasteiger partial charge in [-0.05, 0) is 14.0 Å². The van der Waals surface area contributed by atoms with E-state index in [1.807, 2.05) is 14.0 Å². The zero-order valence-corrected chi connectivity index (χ0v) is 16.9. The van der Waals surface area contributed by atoms with Crippen LogP contribution in [0.2, 0.25) is 0 Å². The predicted octanol–water partition coefficient (Wildman–Crippen LogP) is -0.321. The van der Waals surface area contributed by atoms with E-state index >= 15 is 0 Å². The Kier molecular flexibility index (Phi) is 9.57. The van der Waals surface area contributed by atoms with E-state index in [1.54, 1.807) is 14.1 Å². The number of nitrogens with one attached hydrogen (secondary N) is 2. The Morgan fingerprint density at radius 1 is 1.00 bits per heavy atom. The van der Waals surface area contributed by atoms with E-state index in [0.717, 1.165) is 6.54 Å². The van der Waals surface area contributed by atoms with Gasteiger partial charge in [-0.25, -0.2) is 0 Å². The van der Waals surface area contributed by atoms with Crippen molar-refractivity contribution in [1.29, 1.82) is 0 Å². The van der Waals surface area contributed by atoms with Crippen molar-refractivity contribution in [3.8, 4) is 0 Å². The topological polar surface area (TPSA) is 103 Å². The van der Waals surface area contributed by atoms with Gasteiger partial charge in [0.1, 0.15) is 0 Å². The van der Waals surface area contributed by atoms with Gasteiger partial charge in [0.2, 0.25) is 0 Å². The van der Waals surface area contributed by atoms with Gasteiger partial charge in [0.25, 0.3) is 11.8 Å². The van der Waals surface area contributed by atoms with Crippen molar-refractivity contribution < 1.29 is 23.5 Å². The molecule has 0 aromatic carbocycles. The number of hydrogen-bond donors (Lipinski definition) is 3. The minimum absolute atomic E-state index is 0.116. The number of nitrogens with two attached hydrogens (primary N) is 1. The Bertz CT molecular complexity index is 435. The van der Waals surface area contributed by atoms with E-state index in [9.17, 15) is 9.59 Å². The van der Waals surface area contributed by atoms with E-state index in [2.05, 4.69) is 31.4 Å². The second-order valence-electron chi connectivity index (χ2n) is 8.06. The fourth-order valence-corrected chi connectivity index (χ4v) is 2.18. The molecule has 0 saturated heterocycles. The minimum atomic E-state index is -0.754. The Labute approximate surface area is 152 Å². The molecule has 1 atom stereocenters. The molecule has 0 rings (SSSR count). The molecule has 0 aliphatic carbocycles. The van der Waals surface area contributed by atoms with Crippen molar-refractivity contribution in [2.45, 2.75) is 33.5 Å². The fraction of sp³-hybridized carbons (Fsp3) is 0.882. The third-order valence-electron chi connectivity index (χ3n) is 4.05. The molecule has 8 heteroatoms. The molecule has 0 radical (unpaired) electrons. The van der Waals surface area contributed by atoms with E-state index < -0.39 is 11.7 Å². The second kappa shape index (κ2) is 10.1. The summed E-state index contributed by atoms with van der Waals surface area (Å²) in [6, 6.07) is 0. The van der Waals surface area contributed by atoms with Crippen molar-refractivity contribution in [3.63, 3.8) is 0 Å². The van der Waals surface area contributed by atoms with Gasteiger partial charge in [0.15, 0.2) is 18.9 Å². The summed E-state index contributed by atoms with van der Waals surface area (Å²) in [5, 5.41) is 5.84. The van der Waals surface area contributed by atoms with Crippen molar-refractivity contribution in [2.75, 3.05) is 60.5 Å². The number of hydrogen-bond acceptors (Lipinski definition) is 5. The summed E-state index contributed by atoms with van der Waals surface area (Å²) in [6.45, 7) is 10.3. The third kappa shape index (κ3) is 9.74. The number of quaternary nitrogens is 1. The summed E-state index contributed by atoms with van der Waals surface area (Å²) in [7, 11) is 5.44. The minimum Gasteiger partial charge on any atom is -0.365 e. The molecular formula is C17H37N4O4+. The number of likely N-dealkylation sites (N-methyl/N-ethyl adjacent to an activating group) is 2. The lowest BCUT2D eigenvalue weighted by molar-refractivity contribution is -0.874. The zero-order chi connectivity index (χ0) is 19.7. The molecule has 0 fully saturated rings. The van der Waals surface area contributed by atoms with Crippen LogP contribution in [-0.4, -0.2) is 82.6 Å². The number of nitrogens with zero attached hydrogens (tertiary/aromatic N) is 1. The number of carbonyl (C=O) groups excluding carboxylic acids is 2. The summed E-state index contributed by atoms with van der Waals surface area (Å²) < 4.78 is 12.1. The van der Waals surface area contributed by atoms with Crippen LogP contribution in [0.25, 0.3) is 0 Å². The van der Waals surface area contributed by atoms with E-state index in [-0.39, 0.29) is 28.9 Å². The molecule has 0 aliphatic heterocycles. The molecule has 8 nitrogen and oxygen atoms in total. The van der Waals surface area contributed by atoms with Crippen molar-refractivity contribution in [1.82, 2.24) is 10.6 Å². The largest absolute Gasteiger partial charge is 0.365 e. The first-order valence-corrected chi connectivity index (χ1v) is 8.62. The number of ether oxygens (including phenoxy) is 2. The van der Waals surface area contributed by atoms with Crippen LogP contribution in [0.3, 0.4) is 0 Å². The quantitative estimate of drug-likeness (QED) is 0.251. The van der Waals surface area contributed by atoms with Crippen LogP contribution in [0.15, 0.2) is 0 Å². The number of amides is 2. The van der Waals surface area contributed by atoms with Gasteiger partial charge in [0.05, 0.1) is 27.3 Å². The highest BCUT2D eigenvalue weighted by atomic mass is 16.7. The van der Waals surface area contributed by atoms with Crippen LogP contribution >= 0.6 is 0 Å². The normalized spacial score (nSPS) is 14.8. The standard InChI is InChI=1S/C17H36N4O4/c1-16(2,3)17(4,24-10-8-19-5)25-11-9-20-15(23)13-21(6,7)12-14(18)22/h19H,8-13H2,1-7H3,(H2-,18,20,22,23)/p+1. The smallest absolute Gasteiger partial charge is 0.275 e. The van der Waals surface area contributed by atoms with Crippen LogP contribution in [0.1, 0.15) is 27.7 Å². The first-order chi connectivity index (χ1) is 11.3. The number of primary amides is 1. The summed E-state index contributed by atoms with van der Waals surface area (Å²) in [5.74, 6) is -1.33. The lowest BCUT2D eigenvalue weighted by atomic mass is 9.86. The van der Waals surface area contributed by atoms with Crippen LogP contribution in [-0.2, 0) is 19.1 Å². The summed E-state index contributed by atoms with van der Waals surface area (Å²) >= 11 is 0. The molecule has 0 spiro atoms. The highest BCUT2D eigenvalue weighted by molar-refractivity contribution is 5.78. The Balaban J connectivity index is 4.37. The number of carbonyl (C=O) groups is 2. The monoisotopic (exact) mass is 361 g/mol. The van der Waals surface area contributed by atoms with Gasteiger partial charge in [-0.2, -0.15) is 0 Å². The van der Waals surface area contributed by atoms with E-state index in [1.165, 1.54) is 0 Å². The van der Waals surface area contributed by atoms with Crippen molar-refractivity contribution in [2.24, 2.45) is 11.1 Å². The molecule has 4 N–H and O–H groups in total. The summed E-state index contributed by atoms with van der Waals surface area (Å²) in [4.78, 5) is 23.0. The van der Waals surface area contributed by atoms with Crippen LogP contribution < -0.4 is 16.4 Å². The molecule has 0 bridgehead atoms. The highest BCUT2D eigenvalue weighted by Crippen LogP contribution is 2.34. The highest BCUT2D eigenvalue weighted by Gasteiger charge is 2.39. The molecule has 148 valence electrons. The maximum atomic E-state index is 12.0. The SMILES string of the molecule is CNCCOC(C)(OCCNC(=O)C[N+](C)(C)CC(N)=O)C(C)(C)C. The van der Waals surface area contributed by atoms with Crippen LogP contribution in [0.4, 0.5) is 0 Å². The molecule has 0 aromatic rings. The van der Waals surface area contributed by atoms with Gasteiger partial charge in [-0.15, -0.1) is 0 Å². The lowest BCUT2D eigenvalue weighted by Gasteiger charge is -2.41. The van der Waals surface area contributed by atoms with Crippen molar-refractivity contribution in [3.05, 3.63) is 0 Å². The van der Waals surface area contributed by atoms with Crippen molar-refractivity contribution >= 4 is 11.8 Å². The third-order valence-corrected chi connectivity index (χ3v) is 4.05. The average Bonchev–Trinajstić information content (AvgIpc) is 2.40. The molecule has 0 aliphatic rings. The van der Waals surface area contributed by atoms with Gasteiger partial charge < -0.3 is 30.3 Å². The van der Waals surface area contributed by atoms with Crippen LogP contribution in [0, 0.1) is 5.41 Å². The molecule has 0 aromatic heterocycles. The first kappa shape index (κ1) is 23.8. The summed E-state index contributed by atoms with van der Waals surface area (Å²) in [5.41, 5.74) is 4.97. The fourth-order valence-electron chi connectivity index (χ4n) is 2.18. The zero-order valence-electron chi connectivity index (χ0n) is 16.9. The Morgan fingerprint density at radius 3 is 1.96 bits per heavy atom. The maximum Gasteiger partial charge on any atom is 0.275 e. The number of rotatable bonds is 12. The van der Waals surface area contributed by atoms with E-state index in [0.29, 0.717) is 19.8 Å². The molecule has 2 amide bonds. The molecule has 1 unspecified atom stereocenters. The molecule has 25 heavy (non-hydrogen) atoms. The van der Waals surface area contributed by atoms with Gasteiger partial charge in [-0.1, -0.05) is 20.8 Å². The Hall–Kier alpha value is -1.22. The van der Waals surface area contributed by atoms with Gasteiger partial charge in [0, 0.05) is 18.5 Å². The second-order valence-corrected chi connectivity index (χ2v) is 8.06.